The summed E-state index contributed by atoms with van der Waals surface area (Å²) in [6.45, 7) is 0.106. The van der Waals surface area contributed by atoms with E-state index in [4.69, 9.17) is 9.47 Å². The summed E-state index contributed by atoms with van der Waals surface area (Å²) in [6.07, 6.45) is -2.37. The van der Waals surface area contributed by atoms with Crippen molar-refractivity contribution in [1.82, 2.24) is 5.32 Å². The van der Waals surface area contributed by atoms with Crippen LogP contribution in [-0.2, 0) is 11.7 Å². The number of alkyl halides is 3. The number of hydrogen-bond acceptors (Lipinski definition) is 3. The fourth-order valence-electron chi connectivity index (χ4n) is 3.34. The van der Waals surface area contributed by atoms with Crippen LogP contribution in [0.2, 0.25) is 0 Å². The molecule has 1 fully saturated rings. The molecule has 4 nitrogen and oxygen atoms in total. The van der Waals surface area contributed by atoms with Gasteiger partial charge in [0.05, 0.1) is 11.1 Å². The number of rotatable bonds is 3. The lowest BCUT2D eigenvalue weighted by atomic mass is 9.71. The molecule has 1 aliphatic carbocycles. The van der Waals surface area contributed by atoms with Crippen LogP contribution in [0, 0.1) is 0 Å². The zero-order chi connectivity index (χ0) is 18.4. The van der Waals surface area contributed by atoms with Crippen LogP contribution in [0.1, 0.15) is 40.7 Å². The van der Waals surface area contributed by atoms with Crippen LogP contribution in [0.5, 0.6) is 11.5 Å². The second-order valence-corrected chi connectivity index (χ2v) is 6.54. The van der Waals surface area contributed by atoms with Crippen molar-refractivity contribution in [2.75, 3.05) is 6.79 Å². The van der Waals surface area contributed by atoms with Gasteiger partial charge in [-0.1, -0.05) is 12.1 Å². The molecule has 2 aromatic carbocycles. The van der Waals surface area contributed by atoms with Crippen molar-refractivity contribution < 1.29 is 27.4 Å². The van der Waals surface area contributed by atoms with Crippen molar-refractivity contribution in [1.29, 1.82) is 0 Å². The summed E-state index contributed by atoms with van der Waals surface area (Å²) in [5, 5.41) is 2.93. The predicted molar refractivity (Wildman–Crippen MR) is 87.0 cm³/mol. The van der Waals surface area contributed by atoms with Gasteiger partial charge in [-0.3, -0.25) is 4.79 Å². The number of amides is 1. The lowest BCUT2D eigenvalue weighted by Crippen LogP contribution is -2.50. The van der Waals surface area contributed by atoms with Crippen LogP contribution < -0.4 is 14.8 Å². The van der Waals surface area contributed by atoms with Crippen LogP contribution >= 0.6 is 0 Å². The topological polar surface area (TPSA) is 47.6 Å². The van der Waals surface area contributed by atoms with E-state index < -0.39 is 17.3 Å². The number of hydrogen-bond donors (Lipinski definition) is 1. The van der Waals surface area contributed by atoms with E-state index in [1.807, 2.05) is 0 Å². The van der Waals surface area contributed by atoms with Crippen LogP contribution in [0.3, 0.4) is 0 Å². The number of benzene rings is 2. The molecular formula is C19H16F3NO3. The number of nitrogens with one attached hydrogen (secondary N) is 1. The Labute approximate surface area is 147 Å². The highest BCUT2D eigenvalue weighted by Gasteiger charge is 2.41. The van der Waals surface area contributed by atoms with Gasteiger partial charge in [-0.25, -0.2) is 0 Å². The number of carbonyl (C=O) groups excluding carboxylic acids is 1. The Kier molecular flexibility index (Phi) is 3.82. The van der Waals surface area contributed by atoms with E-state index >= 15 is 0 Å². The predicted octanol–water partition coefficient (Wildman–Crippen LogP) is 4.24. The molecule has 7 heteroatoms. The molecule has 2 aromatic rings. The van der Waals surface area contributed by atoms with Crippen LogP contribution in [0.4, 0.5) is 13.2 Å². The summed E-state index contributed by atoms with van der Waals surface area (Å²) in [5.41, 5.74) is -0.617. The smallest absolute Gasteiger partial charge is 0.416 e. The number of fused-ring (bicyclic) bond motifs is 1. The molecular weight excluding hydrogens is 347 g/mol. The second-order valence-electron chi connectivity index (χ2n) is 6.54. The third kappa shape index (κ3) is 2.87. The van der Waals surface area contributed by atoms with Crippen molar-refractivity contribution in [3.63, 3.8) is 0 Å². The lowest BCUT2D eigenvalue weighted by molar-refractivity contribution is -0.137. The largest absolute Gasteiger partial charge is 0.454 e. The average Bonchev–Trinajstić information content (AvgIpc) is 3.05. The highest BCUT2D eigenvalue weighted by Crippen LogP contribution is 2.43. The van der Waals surface area contributed by atoms with Crippen molar-refractivity contribution in [3.8, 4) is 11.5 Å². The van der Waals surface area contributed by atoms with Crippen LogP contribution in [0.15, 0.2) is 42.5 Å². The first-order chi connectivity index (χ1) is 12.4. The van der Waals surface area contributed by atoms with Gasteiger partial charge < -0.3 is 14.8 Å². The van der Waals surface area contributed by atoms with E-state index in [1.165, 1.54) is 6.07 Å². The van der Waals surface area contributed by atoms with Crippen molar-refractivity contribution in [2.45, 2.75) is 31.0 Å². The summed E-state index contributed by atoms with van der Waals surface area (Å²) in [4.78, 5) is 12.7. The molecule has 0 bridgehead atoms. The fourth-order valence-corrected chi connectivity index (χ4v) is 3.34. The average molecular weight is 363 g/mol. The molecule has 26 heavy (non-hydrogen) atoms. The van der Waals surface area contributed by atoms with Gasteiger partial charge >= 0.3 is 6.18 Å². The Hall–Kier alpha value is -2.70. The van der Waals surface area contributed by atoms with Gasteiger partial charge in [0.2, 0.25) is 6.79 Å². The molecule has 1 aliphatic heterocycles. The summed E-state index contributed by atoms with van der Waals surface area (Å²) in [5.74, 6) is 0.706. The second kappa shape index (κ2) is 5.93. The molecule has 0 spiro atoms. The van der Waals surface area contributed by atoms with Crippen molar-refractivity contribution in [2.24, 2.45) is 0 Å². The summed E-state index contributed by atoms with van der Waals surface area (Å²) in [7, 11) is 0. The Morgan fingerprint density at radius 1 is 1.04 bits per heavy atom. The zero-order valence-electron chi connectivity index (χ0n) is 13.7. The number of halogens is 3. The third-order valence-corrected chi connectivity index (χ3v) is 4.94. The monoisotopic (exact) mass is 363 g/mol. The van der Waals surface area contributed by atoms with E-state index in [2.05, 4.69) is 5.32 Å². The standard InChI is InChI=1S/C19H16F3NO3/c20-19(21,22)14-4-1-3-13(10-14)18(7-2-8-18)23-17(24)12-5-6-15-16(9-12)26-11-25-15/h1,3-6,9-10H,2,7-8,11H2,(H,23,24). The van der Waals surface area contributed by atoms with Gasteiger partial charge in [0.15, 0.2) is 11.5 Å². The molecule has 1 N–H and O–H groups in total. The number of ether oxygens (including phenoxy) is 2. The van der Waals surface area contributed by atoms with Gasteiger partial charge in [0, 0.05) is 5.56 Å². The molecule has 1 saturated carbocycles. The summed E-state index contributed by atoms with van der Waals surface area (Å²) in [6, 6.07) is 10.0. The Morgan fingerprint density at radius 3 is 2.50 bits per heavy atom. The van der Waals surface area contributed by atoms with Crippen LogP contribution in [0.25, 0.3) is 0 Å². The minimum atomic E-state index is -4.41. The van der Waals surface area contributed by atoms with E-state index in [1.54, 1.807) is 24.3 Å². The number of carbonyl (C=O) groups is 1. The SMILES string of the molecule is O=C(NC1(c2cccc(C(F)(F)F)c2)CCC1)c1ccc2c(c1)OCO2. The molecule has 0 atom stereocenters. The molecule has 1 amide bonds. The molecule has 0 aromatic heterocycles. The van der Waals surface area contributed by atoms with Crippen molar-refractivity contribution >= 4 is 5.91 Å². The Morgan fingerprint density at radius 2 is 1.81 bits per heavy atom. The maximum Gasteiger partial charge on any atom is 0.416 e. The molecule has 0 saturated heterocycles. The summed E-state index contributed by atoms with van der Waals surface area (Å²) < 4.78 is 49.5. The van der Waals surface area contributed by atoms with Gasteiger partial charge in [0.1, 0.15) is 0 Å². The minimum Gasteiger partial charge on any atom is -0.454 e. The molecule has 0 unspecified atom stereocenters. The Bertz CT molecular complexity index is 859. The molecule has 136 valence electrons. The zero-order valence-corrected chi connectivity index (χ0v) is 13.7. The first kappa shape index (κ1) is 16.8. The fraction of sp³-hybridized carbons (Fsp3) is 0.316. The van der Waals surface area contributed by atoms with Gasteiger partial charge in [-0.05, 0) is 55.2 Å². The molecule has 1 heterocycles. The normalized spacial score (nSPS) is 17.5. The molecule has 0 radical (unpaired) electrons. The van der Waals surface area contributed by atoms with Crippen molar-refractivity contribution in [3.05, 3.63) is 59.2 Å². The first-order valence-electron chi connectivity index (χ1n) is 8.27. The highest BCUT2D eigenvalue weighted by atomic mass is 19.4. The third-order valence-electron chi connectivity index (χ3n) is 4.94. The van der Waals surface area contributed by atoms with Gasteiger partial charge in [0.25, 0.3) is 5.91 Å². The molecule has 2 aliphatic rings. The van der Waals surface area contributed by atoms with E-state index in [9.17, 15) is 18.0 Å². The van der Waals surface area contributed by atoms with E-state index in [0.717, 1.165) is 18.6 Å². The van der Waals surface area contributed by atoms with E-state index in [-0.39, 0.29) is 12.7 Å². The highest BCUT2D eigenvalue weighted by molar-refractivity contribution is 5.95. The first-order valence-corrected chi connectivity index (χ1v) is 8.27. The quantitative estimate of drug-likeness (QED) is 0.887. The molecule has 4 rings (SSSR count). The Balaban J connectivity index is 1.60. The summed E-state index contributed by atoms with van der Waals surface area (Å²) >= 11 is 0. The maximum absolute atomic E-state index is 13.0. The van der Waals surface area contributed by atoms with E-state index in [0.29, 0.717) is 35.5 Å². The maximum atomic E-state index is 13.0. The van der Waals surface area contributed by atoms with Gasteiger partial charge in [-0.2, -0.15) is 13.2 Å². The van der Waals surface area contributed by atoms with Crippen LogP contribution in [-0.4, -0.2) is 12.7 Å². The van der Waals surface area contributed by atoms with Gasteiger partial charge in [-0.15, -0.1) is 0 Å². The lowest BCUT2D eigenvalue weighted by Gasteiger charge is -2.43. The minimum absolute atomic E-state index is 0.106.